The average molecular weight is 440 g/mol. The molecule has 0 saturated carbocycles. The van der Waals surface area contributed by atoms with Crippen LogP contribution < -0.4 is 10.1 Å². The number of carbonyl (C=O) groups excluding carboxylic acids is 1. The van der Waals surface area contributed by atoms with E-state index in [1.807, 2.05) is 24.3 Å². The monoisotopic (exact) mass is 439 g/mol. The lowest BCUT2D eigenvalue weighted by atomic mass is 9.88. The number of carboxylic acid groups (broad SMARTS) is 1. The number of hydrogen-bond donors (Lipinski definition) is 2. The van der Waals surface area contributed by atoms with Gasteiger partial charge in [-0.15, -0.1) is 11.3 Å². The molecule has 152 valence electrons. The summed E-state index contributed by atoms with van der Waals surface area (Å²) in [6.45, 7) is 4.02. The van der Waals surface area contributed by atoms with E-state index in [1.54, 1.807) is 30.3 Å². The van der Waals surface area contributed by atoms with Gasteiger partial charge in [-0.25, -0.2) is 4.79 Å². The van der Waals surface area contributed by atoms with E-state index < -0.39 is 5.97 Å². The van der Waals surface area contributed by atoms with Crippen LogP contribution in [0.4, 0.5) is 5.69 Å². The second kappa shape index (κ2) is 8.34. The molecule has 0 unspecified atom stereocenters. The summed E-state index contributed by atoms with van der Waals surface area (Å²) < 4.78 is 5.80. The molecular formula is C23H18ClNO4S. The summed E-state index contributed by atoms with van der Waals surface area (Å²) in [7, 11) is 0. The van der Waals surface area contributed by atoms with E-state index >= 15 is 0 Å². The van der Waals surface area contributed by atoms with Gasteiger partial charge in [-0.1, -0.05) is 54.6 Å². The highest BCUT2D eigenvalue weighted by atomic mass is 35.5. The zero-order chi connectivity index (χ0) is 21.3. The number of para-hydroxylation sites is 1. The number of halogens is 1. The van der Waals surface area contributed by atoms with Crippen molar-refractivity contribution < 1.29 is 19.4 Å². The second-order valence-corrected chi connectivity index (χ2v) is 8.29. The first-order valence-electron chi connectivity index (χ1n) is 9.28. The van der Waals surface area contributed by atoms with Crippen LogP contribution in [0.2, 0.25) is 5.02 Å². The summed E-state index contributed by atoms with van der Waals surface area (Å²) in [5.41, 5.74) is 2.57. The van der Waals surface area contributed by atoms with Gasteiger partial charge in [-0.05, 0) is 23.8 Å². The van der Waals surface area contributed by atoms with Gasteiger partial charge in [0.05, 0.1) is 5.69 Å². The Hall–Kier alpha value is -3.09. The normalized spacial score (nSPS) is 15.2. The Bertz CT molecular complexity index is 1140. The Morgan fingerprint density at radius 1 is 1.27 bits per heavy atom. The molecule has 0 spiro atoms. The highest BCUT2D eigenvalue weighted by Gasteiger charge is 2.35. The van der Waals surface area contributed by atoms with E-state index in [1.165, 1.54) is 11.3 Å². The molecule has 0 bridgehead atoms. The number of carbonyl (C=O) groups is 2. The fourth-order valence-electron chi connectivity index (χ4n) is 3.63. The smallest absolute Gasteiger partial charge is 0.346 e. The summed E-state index contributed by atoms with van der Waals surface area (Å²) in [6.07, 6.45) is 1.86. The Balaban J connectivity index is 1.90. The SMILES string of the molecule is C=CCOc1ccccc1[C@H]1CC(=O)Nc2c1sc(C(=O)O)c2-c1ccc(Cl)cc1. The first-order chi connectivity index (χ1) is 14.5. The molecule has 2 N–H and O–H groups in total. The number of carboxylic acids is 1. The largest absolute Gasteiger partial charge is 0.489 e. The molecule has 5 nitrogen and oxygen atoms in total. The molecule has 1 amide bonds. The molecule has 1 atom stereocenters. The maximum atomic E-state index is 12.6. The summed E-state index contributed by atoms with van der Waals surface area (Å²) in [5, 5.41) is 13.3. The molecule has 7 heteroatoms. The van der Waals surface area contributed by atoms with E-state index in [2.05, 4.69) is 11.9 Å². The Morgan fingerprint density at radius 3 is 2.70 bits per heavy atom. The van der Waals surface area contributed by atoms with Crippen LogP contribution in [0.15, 0.2) is 61.2 Å². The van der Waals surface area contributed by atoms with Gasteiger partial charge in [-0.3, -0.25) is 4.79 Å². The number of anilines is 1. The van der Waals surface area contributed by atoms with Gasteiger partial charge in [0.1, 0.15) is 17.2 Å². The molecule has 0 fully saturated rings. The molecule has 2 heterocycles. The minimum Gasteiger partial charge on any atom is -0.489 e. The molecule has 1 aliphatic heterocycles. The Morgan fingerprint density at radius 2 is 2.00 bits per heavy atom. The van der Waals surface area contributed by atoms with Gasteiger partial charge in [0.2, 0.25) is 5.91 Å². The number of nitrogens with one attached hydrogen (secondary N) is 1. The molecule has 3 aromatic rings. The zero-order valence-electron chi connectivity index (χ0n) is 15.9. The molecule has 4 rings (SSSR count). The van der Waals surface area contributed by atoms with Crippen LogP contribution in [0.25, 0.3) is 11.1 Å². The van der Waals surface area contributed by atoms with Crippen molar-refractivity contribution in [3.8, 4) is 16.9 Å². The van der Waals surface area contributed by atoms with Gasteiger partial charge in [-0.2, -0.15) is 0 Å². The van der Waals surface area contributed by atoms with Crippen molar-refractivity contribution in [2.75, 3.05) is 11.9 Å². The highest BCUT2D eigenvalue weighted by Crippen LogP contribution is 2.50. The van der Waals surface area contributed by atoms with Crippen LogP contribution in [0.3, 0.4) is 0 Å². The molecular weight excluding hydrogens is 422 g/mol. The molecule has 1 aromatic heterocycles. The van der Waals surface area contributed by atoms with E-state index in [0.29, 0.717) is 34.2 Å². The van der Waals surface area contributed by atoms with Crippen molar-refractivity contribution in [2.24, 2.45) is 0 Å². The van der Waals surface area contributed by atoms with Gasteiger partial charge in [0.15, 0.2) is 0 Å². The summed E-state index contributed by atoms with van der Waals surface area (Å²) in [5.74, 6) is -0.861. The molecule has 0 radical (unpaired) electrons. The third-order valence-electron chi connectivity index (χ3n) is 4.88. The van der Waals surface area contributed by atoms with Crippen LogP contribution in [-0.2, 0) is 4.79 Å². The lowest BCUT2D eigenvalue weighted by Gasteiger charge is -2.25. The Kier molecular flexibility index (Phi) is 5.61. The van der Waals surface area contributed by atoms with E-state index in [4.69, 9.17) is 16.3 Å². The number of aromatic carboxylic acids is 1. The average Bonchev–Trinajstić information content (AvgIpc) is 3.12. The number of hydrogen-bond acceptors (Lipinski definition) is 4. The van der Waals surface area contributed by atoms with Gasteiger partial charge < -0.3 is 15.2 Å². The van der Waals surface area contributed by atoms with Crippen LogP contribution in [0.1, 0.15) is 32.5 Å². The van der Waals surface area contributed by atoms with Gasteiger partial charge >= 0.3 is 5.97 Å². The fraction of sp³-hybridized carbons (Fsp3) is 0.130. The van der Waals surface area contributed by atoms with E-state index in [9.17, 15) is 14.7 Å². The maximum absolute atomic E-state index is 12.6. The number of thiophene rings is 1. The zero-order valence-corrected chi connectivity index (χ0v) is 17.4. The summed E-state index contributed by atoms with van der Waals surface area (Å²) in [6, 6.07) is 14.4. The van der Waals surface area contributed by atoms with Gasteiger partial charge in [0, 0.05) is 33.4 Å². The minimum absolute atomic E-state index is 0.170. The van der Waals surface area contributed by atoms with Crippen molar-refractivity contribution in [1.29, 1.82) is 0 Å². The van der Waals surface area contributed by atoms with Crippen molar-refractivity contribution in [3.63, 3.8) is 0 Å². The van der Waals surface area contributed by atoms with E-state index in [0.717, 1.165) is 10.4 Å². The standard InChI is InChI=1S/C23H18ClNO4S/c1-2-11-29-17-6-4-3-5-15(17)16-12-18(26)25-20-19(13-7-9-14(24)10-8-13)22(23(27)28)30-21(16)20/h2-10,16H,1,11-12H2,(H,25,26)(H,27,28)/t16-/m1/s1. The third-order valence-corrected chi connectivity index (χ3v) is 6.43. The predicted molar refractivity (Wildman–Crippen MR) is 119 cm³/mol. The second-order valence-electron chi connectivity index (χ2n) is 6.80. The first kappa shape index (κ1) is 20.2. The molecule has 0 aliphatic carbocycles. The van der Waals surface area contributed by atoms with Crippen LogP contribution in [-0.4, -0.2) is 23.6 Å². The van der Waals surface area contributed by atoms with Crippen LogP contribution >= 0.6 is 22.9 Å². The topological polar surface area (TPSA) is 75.6 Å². The number of amides is 1. The van der Waals surface area contributed by atoms with Gasteiger partial charge in [0.25, 0.3) is 0 Å². The number of rotatable bonds is 6. The molecule has 30 heavy (non-hydrogen) atoms. The van der Waals surface area contributed by atoms with E-state index in [-0.39, 0.29) is 23.1 Å². The number of fused-ring (bicyclic) bond motifs is 1. The summed E-state index contributed by atoms with van der Waals surface area (Å²) in [4.78, 5) is 25.6. The third kappa shape index (κ3) is 3.72. The molecule has 1 aliphatic rings. The number of ether oxygens (including phenoxy) is 1. The molecule has 2 aromatic carbocycles. The molecule has 0 saturated heterocycles. The fourth-order valence-corrected chi connectivity index (χ4v) is 4.99. The lowest BCUT2D eigenvalue weighted by molar-refractivity contribution is -0.116. The summed E-state index contributed by atoms with van der Waals surface area (Å²) >= 11 is 7.18. The quantitative estimate of drug-likeness (QED) is 0.475. The lowest BCUT2D eigenvalue weighted by Crippen LogP contribution is -2.22. The van der Waals surface area contributed by atoms with Crippen LogP contribution in [0, 0.1) is 0 Å². The van der Waals surface area contributed by atoms with Crippen molar-refractivity contribution in [2.45, 2.75) is 12.3 Å². The van der Waals surface area contributed by atoms with Crippen molar-refractivity contribution in [1.82, 2.24) is 0 Å². The predicted octanol–water partition coefficient (Wildman–Crippen LogP) is 5.81. The Labute approximate surface area is 182 Å². The van der Waals surface area contributed by atoms with Crippen LogP contribution in [0.5, 0.6) is 5.75 Å². The number of benzene rings is 2. The highest BCUT2D eigenvalue weighted by molar-refractivity contribution is 7.15. The minimum atomic E-state index is -1.04. The van der Waals surface area contributed by atoms with Crippen molar-refractivity contribution >= 4 is 40.5 Å². The van der Waals surface area contributed by atoms with Crippen molar-refractivity contribution in [3.05, 3.63) is 81.5 Å². The first-order valence-corrected chi connectivity index (χ1v) is 10.5. The maximum Gasteiger partial charge on any atom is 0.346 e.